The number of hydrogen-bond donors (Lipinski definition) is 1. The van der Waals surface area contributed by atoms with Gasteiger partial charge in [0.05, 0.1) is 11.8 Å². The summed E-state index contributed by atoms with van der Waals surface area (Å²) in [5.41, 5.74) is 2.95. The Morgan fingerprint density at radius 2 is 2.04 bits per heavy atom. The van der Waals surface area contributed by atoms with Crippen molar-refractivity contribution in [3.8, 4) is 0 Å². The van der Waals surface area contributed by atoms with Crippen LogP contribution in [-0.2, 0) is 17.8 Å². The van der Waals surface area contributed by atoms with E-state index in [1.807, 2.05) is 45.0 Å². The van der Waals surface area contributed by atoms with Crippen molar-refractivity contribution < 1.29 is 9.53 Å². The SMILES string of the molecule is Cc1cc2n(n1)CCCN2Cc1ccc(C(=O)NCCCOC(C)C)cc1. The third-order valence-corrected chi connectivity index (χ3v) is 4.65. The number of benzene rings is 1. The quantitative estimate of drug-likeness (QED) is 0.725. The molecule has 0 aliphatic carbocycles. The largest absolute Gasteiger partial charge is 0.379 e. The number of aromatic nitrogens is 2. The van der Waals surface area contributed by atoms with Gasteiger partial charge in [-0.05, 0) is 51.3 Å². The summed E-state index contributed by atoms with van der Waals surface area (Å²) < 4.78 is 7.57. The van der Waals surface area contributed by atoms with Crippen molar-refractivity contribution >= 4 is 11.7 Å². The number of carbonyl (C=O) groups is 1. The van der Waals surface area contributed by atoms with Gasteiger partial charge >= 0.3 is 0 Å². The zero-order valence-corrected chi connectivity index (χ0v) is 16.6. The highest BCUT2D eigenvalue weighted by Gasteiger charge is 2.18. The number of aryl methyl sites for hydroxylation is 2. The summed E-state index contributed by atoms with van der Waals surface area (Å²) in [4.78, 5) is 14.6. The first-order valence-electron chi connectivity index (χ1n) is 9.81. The maximum absolute atomic E-state index is 12.2. The Hall–Kier alpha value is -2.34. The number of anilines is 1. The van der Waals surface area contributed by atoms with Gasteiger partial charge < -0.3 is 15.0 Å². The van der Waals surface area contributed by atoms with Crippen LogP contribution in [0.25, 0.3) is 0 Å². The van der Waals surface area contributed by atoms with E-state index in [4.69, 9.17) is 4.74 Å². The number of amides is 1. The van der Waals surface area contributed by atoms with Gasteiger partial charge in [-0.3, -0.25) is 4.79 Å². The van der Waals surface area contributed by atoms with E-state index >= 15 is 0 Å². The molecule has 2 aromatic rings. The molecule has 0 saturated heterocycles. The average Bonchev–Trinajstić information content (AvgIpc) is 3.03. The summed E-state index contributed by atoms with van der Waals surface area (Å²) in [5, 5.41) is 7.49. The van der Waals surface area contributed by atoms with Crippen LogP contribution in [0.1, 0.15) is 48.3 Å². The van der Waals surface area contributed by atoms with Crippen LogP contribution in [-0.4, -0.2) is 41.5 Å². The number of carbonyl (C=O) groups excluding carboxylic acids is 1. The first kappa shape index (κ1) is 19.4. The number of fused-ring (bicyclic) bond motifs is 1. The first-order valence-corrected chi connectivity index (χ1v) is 9.81. The summed E-state index contributed by atoms with van der Waals surface area (Å²) in [7, 11) is 0. The van der Waals surface area contributed by atoms with Crippen molar-refractivity contribution in [2.75, 3.05) is 24.6 Å². The molecule has 1 amide bonds. The minimum Gasteiger partial charge on any atom is -0.379 e. The maximum atomic E-state index is 12.2. The summed E-state index contributed by atoms with van der Waals surface area (Å²) in [5.74, 6) is 1.15. The van der Waals surface area contributed by atoms with E-state index in [-0.39, 0.29) is 12.0 Å². The predicted molar refractivity (Wildman–Crippen MR) is 107 cm³/mol. The highest BCUT2D eigenvalue weighted by molar-refractivity contribution is 5.94. The third-order valence-electron chi connectivity index (χ3n) is 4.65. The van der Waals surface area contributed by atoms with Crippen LogP contribution in [0.15, 0.2) is 30.3 Å². The van der Waals surface area contributed by atoms with Gasteiger partial charge in [0, 0.05) is 44.4 Å². The Morgan fingerprint density at radius 1 is 1.26 bits per heavy atom. The second-order valence-corrected chi connectivity index (χ2v) is 7.37. The Labute approximate surface area is 161 Å². The predicted octanol–water partition coefficient (Wildman–Crippen LogP) is 3.15. The van der Waals surface area contributed by atoms with Crippen molar-refractivity contribution in [2.45, 2.75) is 52.8 Å². The lowest BCUT2D eigenvalue weighted by Crippen LogP contribution is -2.31. The highest BCUT2D eigenvalue weighted by Crippen LogP contribution is 2.23. The average molecular weight is 370 g/mol. The fraction of sp³-hybridized carbons (Fsp3) is 0.524. The molecule has 1 aromatic heterocycles. The van der Waals surface area contributed by atoms with Crippen molar-refractivity contribution in [2.24, 2.45) is 0 Å². The van der Waals surface area contributed by atoms with Crippen LogP contribution in [0, 0.1) is 6.92 Å². The molecule has 0 saturated carbocycles. The van der Waals surface area contributed by atoms with Gasteiger partial charge in [-0.2, -0.15) is 5.10 Å². The molecule has 2 heterocycles. The molecule has 1 aliphatic rings. The van der Waals surface area contributed by atoms with Crippen molar-refractivity contribution in [3.63, 3.8) is 0 Å². The molecule has 1 aromatic carbocycles. The van der Waals surface area contributed by atoms with Gasteiger partial charge in [0.1, 0.15) is 5.82 Å². The second kappa shape index (κ2) is 9.04. The molecule has 27 heavy (non-hydrogen) atoms. The van der Waals surface area contributed by atoms with Crippen LogP contribution in [0.2, 0.25) is 0 Å². The Morgan fingerprint density at radius 3 is 2.78 bits per heavy atom. The van der Waals surface area contributed by atoms with E-state index in [0.717, 1.165) is 38.2 Å². The van der Waals surface area contributed by atoms with E-state index in [1.54, 1.807) is 0 Å². The molecule has 0 bridgehead atoms. The molecule has 0 spiro atoms. The van der Waals surface area contributed by atoms with Crippen LogP contribution in [0.5, 0.6) is 0 Å². The summed E-state index contributed by atoms with van der Waals surface area (Å²) in [6.07, 6.45) is 2.16. The zero-order chi connectivity index (χ0) is 19.2. The van der Waals surface area contributed by atoms with E-state index in [0.29, 0.717) is 18.7 Å². The number of hydrogen-bond acceptors (Lipinski definition) is 4. The zero-order valence-electron chi connectivity index (χ0n) is 16.6. The molecule has 1 aliphatic heterocycles. The van der Waals surface area contributed by atoms with Gasteiger partial charge in [0.25, 0.3) is 5.91 Å². The Kier molecular flexibility index (Phi) is 6.50. The topological polar surface area (TPSA) is 59.4 Å². The smallest absolute Gasteiger partial charge is 0.251 e. The summed E-state index contributed by atoms with van der Waals surface area (Å²) in [6, 6.07) is 10.0. The number of nitrogens with one attached hydrogen (secondary N) is 1. The Balaban J connectivity index is 1.51. The third kappa shape index (κ3) is 5.32. The number of ether oxygens (including phenoxy) is 1. The minimum absolute atomic E-state index is 0.0298. The molecule has 6 heteroatoms. The molecular weight excluding hydrogens is 340 g/mol. The van der Waals surface area contributed by atoms with Crippen molar-refractivity contribution in [1.29, 1.82) is 0 Å². The molecule has 1 N–H and O–H groups in total. The molecule has 0 unspecified atom stereocenters. The Bertz CT molecular complexity index is 752. The van der Waals surface area contributed by atoms with E-state index in [2.05, 4.69) is 26.1 Å². The normalized spacial score (nSPS) is 13.7. The molecule has 146 valence electrons. The first-order chi connectivity index (χ1) is 13.0. The van der Waals surface area contributed by atoms with Crippen molar-refractivity contribution in [1.82, 2.24) is 15.1 Å². The molecule has 0 fully saturated rings. The molecule has 3 rings (SSSR count). The molecule has 0 atom stereocenters. The molecule has 6 nitrogen and oxygen atoms in total. The summed E-state index contributed by atoms with van der Waals surface area (Å²) in [6.45, 7) is 10.2. The van der Waals surface area contributed by atoms with E-state index < -0.39 is 0 Å². The maximum Gasteiger partial charge on any atom is 0.251 e. The summed E-state index contributed by atoms with van der Waals surface area (Å²) >= 11 is 0. The minimum atomic E-state index is -0.0298. The van der Waals surface area contributed by atoms with Crippen molar-refractivity contribution in [3.05, 3.63) is 47.2 Å². The lowest BCUT2D eigenvalue weighted by Gasteiger charge is -2.29. The standard InChI is InChI=1S/C21H30N4O2/c1-16(2)27-13-4-10-22-21(26)19-8-6-18(7-9-19)15-24-11-5-12-25-20(24)14-17(3)23-25/h6-9,14,16H,4-5,10-13,15H2,1-3H3,(H,22,26). The van der Waals surface area contributed by atoms with Crippen LogP contribution in [0.3, 0.4) is 0 Å². The molecule has 0 radical (unpaired) electrons. The van der Waals surface area contributed by atoms with Crippen LogP contribution >= 0.6 is 0 Å². The van der Waals surface area contributed by atoms with Gasteiger partial charge in [0.2, 0.25) is 0 Å². The lowest BCUT2D eigenvalue weighted by molar-refractivity contribution is 0.0757. The van der Waals surface area contributed by atoms with Gasteiger partial charge in [-0.1, -0.05) is 12.1 Å². The number of nitrogens with zero attached hydrogens (tertiary/aromatic N) is 3. The van der Waals surface area contributed by atoms with Gasteiger partial charge in [-0.15, -0.1) is 0 Å². The van der Waals surface area contributed by atoms with Crippen LogP contribution < -0.4 is 10.2 Å². The molecular formula is C21H30N4O2. The second-order valence-electron chi connectivity index (χ2n) is 7.37. The van der Waals surface area contributed by atoms with E-state index in [1.165, 1.54) is 11.4 Å². The van der Waals surface area contributed by atoms with Gasteiger partial charge in [-0.25, -0.2) is 4.68 Å². The van der Waals surface area contributed by atoms with Crippen LogP contribution in [0.4, 0.5) is 5.82 Å². The highest BCUT2D eigenvalue weighted by atomic mass is 16.5. The fourth-order valence-corrected chi connectivity index (χ4v) is 3.31. The van der Waals surface area contributed by atoms with E-state index in [9.17, 15) is 4.79 Å². The monoisotopic (exact) mass is 370 g/mol. The lowest BCUT2D eigenvalue weighted by atomic mass is 10.1. The number of rotatable bonds is 8. The fourth-order valence-electron chi connectivity index (χ4n) is 3.31. The van der Waals surface area contributed by atoms with Gasteiger partial charge in [0.15, 0.2) is 0 Å².